The van der Waals surface area contributed by atoms with Gasteiger partial charge in [0, 0.05) is 24.2 Å². The molecule has 1 aromatic carbocycles. The summed E-state index contributed by atoms with van der Waals surface area (Å²) in [6.07, 6.45) is -2.03. The van der Waals surface area contributed by atoms with Crippen LogP contribution in [0.2, 0.25) is 0 Å². The highest BCUT2D eigenvalue weighted by atomic mass is 19.3. The minimum Gasteiger partial charge on any atom is -0.348 e. The largest absolute Gasteiger partial charge is 0.348 e. The Kier molecular flexibility index (Phi) is 8.37. The molecule has 8 heteroatoms. The monoisotopic (exact) mass is 423 g/mol. The van der Waals surface area contributed by atoms with E-state index in [9.17, 15) is 18.0 Å². The van der Waals surface area contributed by atoms with Gasteiger partial charge in [0.25, 0.3) is 5.91 Å². The van der Waals surface area contributed by atoms with E-state index in [-0.39, 0.29) is 12.5 Å². The van der Waals surface area contributed by atoms with Gasteiger partial charge in [-0.25, -0.2) is 0 Å². The summed E-state index contributed by atoms with van der Waals surface area (Å²) >= 11 is 0. The maximum absolute atomic E-state index is 13.1. The van der Waals surface area contributed by atoms with Crippen molar-refractivity contribution in [3.8, 4) is 11.1 Å². The summed E-state index contributed by atoms with van der Waals surface area (Å²) in [6.45, 7) is 4.27. The second-order valence-corrected chi connectivity index (χ2v) is 7.49. The van der Waals surface area contributed by atoms with E-state index in [2.05, 4.69) is 15.6 Å². The first-order valence-corrected chi connectivity index (χ1v) is 9.74. The van der Waals surface area contributed by atoms with Crippen LogP contribution in [0.4, 0.5) is 13.2 Å². The number of alkyl halides is 3. The van der Waals surface area contributed by atoms with E-state index in [1.165, 1.54) is 13.8 Å². The zero-order chi connectivity index (χ0) is 22.3. The number of nitrogens with zero attached hydrogens (tertiary/aromatic N) is 1. The number of hydrogen-bond acceptors (Lipinski definition) is 4. The van der Waals surface area contributed by atoms with E-state index in [1.54, 1.807) is 18.3 Å². The highest BCUT2D eigenvalue weighted by Crippen LogP contribution is 2.29. The fourth-order valence-corrected chi connectivity index (χ4v) is 3.00. The maximum atomic E-state index is 13.1. The van der Waals surface area contributed by atoms with Crippen LogP contribution in [0.5, 0.6) is 0 Å². The van der Waals surface area contributed by atoms with Crippen LogP contribution in [0, 0.1) is 0 Å². The van der Waals surface area contributed by atoms with Gasteiger partial charge in [-0.2, -0.15) is 8.78 Å². The Hall–Kier alpha value is -2.45. The molecule has 0 aliphatic heterocycles. The minimum atomic E-state index is -3.15. The molecule has 2 atom stereocenters. The van der Waals surface area contributed by atoms with Crippen LogP contribution in [0.1, 0.15) is 50.6 Å². The molecular weight excluding hydrogens is 395 g/mol. The lowest BCUT2D eigenvalue weighted by molar-refractivity contribution is -0.148. The lowest BCUT2D eigenvalue weighted by Gasteiger charge is -2.31. The summed E-state index contributed by atoms with van der Waals surface area (Å²) in [6, 6.07) is 11.4. The van der Waals surface area contributed by atoms with Gasteiger partial charge in [-0.15, -0.1) is 0 Å². The van der Waals surface area contributed by atoms with Gasteiger partial charge in [0.05, 0.1) is 18.5 Å². The normalized spacial score (nSPS) is 13.9. The van der Waals surface area contributed by atoms with E-state index >= 15 is 0 Å². The third-order valence-corrected chi connectivity index (χ3v) is 4.71. The highest BCUT2D eigenvalue weighted by Gasteiger charge is 2.29. The van der Waals surface area contributed by atoms with Crippen LogP contribution in [0.25, 0.3) is 11.1 Å². The van der Waals surface area contributed by atoms with Crippen molar-refractivity contribution in [1.82, 2.24) is 15.6 Å². The third kappa shape index (κ3) is 6.53. The molecule has 0 fully saturated rings. The molecule has 2 N–H and O–H groups in total. The quantitative estimate of drug-likeness (QED) is 0.550. The number of ether oxygens (including phenoxy) is 1. The van der Waals surface area contributed by atoms with Crippen LogP contribution in [0.15, 0.2) is 42.6 Å². The molecule has 164 valence electrons. The molecular formula is C22H28F3N3O2. The lowest BCUT2D eigenvalue weighted by Crippen LogP contribution is -2.48. The van der Waals surface area contributed by atoms with Crippen molar-refractivity contribution in [3.63, 3.8) is 0 Å². The molecule has 0 aliphatic carbocycles. The third-order valence-electron chi connectivity index (χ3n) is 4.71. The molecule has 0 aliphatic rings. The van der Waals surface area contributed by atoms with Crippen LogP contribution in [-0.2, 0) is 9.53 Å². The predicted octanol–water partition coefficient (Wildman–Crippen LogP) is 4.56. The van der Waals surface area contributed by atoms with Gasteiger partial charge in [-0.05, 0) is 45.0 Å². The number of nitrogens with one attached hydrogen (secondary N) is 2. The maximum Gasteiger partial charge on any atom is 0.315 e. The van der Waals surface area contributed by atoms with E-state index in [4.69, 9.17) is 4.74 Å². The second kappa shape index (κ2) is 10.5. The molecule has 0 spiro atoms. The molecule has 2 rings (SSSR count). The number of hydrogen-bond donors (Lipinski definition) is 2. The summed E-state index contributed by atoms with van der Waals surface area (Å²) < 4.78 is 43.9. The molecule has 30 heavy (non-hydrogen) atoms. The highest BCUT2D eigenvalue weighted by molar-refractivity contribution is 5.79. The fraction of sp³-hybridized carbons (Fsp3) is 0.455. The molecule has 2 aromatic rings. The molecule has 1 unspecified atom stereocenters. The number of carbonyl (C=O) groups is 1. The van der Waals surface area contributed by atoms with Crippen molar-refractivity contribution in [2.75, 3.05) is 13.7 Å². The molecule has 0 radical (unpaired) electrons. The van der Waals surface area contributed by atoms with Crippen molar-refractivity contribution in [3.05, 3.63) is 53.9 Å². The van der Waals surface area contributed by atoms with Gasteiger partial charge in [-0.3, -0.25) is 14.2 Å². The standard InChI is InChI=1S/C22H28F3N3O2/c1-14(26-4)18-10-9-17(13-27-18)15-5-7-16(8-6-15)19(11-12-23)30-22(2,3)28-21(29)20(24)25/h5-10,13-14,19-20,26H,11-12H2,1-4H3,(H,28,29)/t14?,19-/m0/s1. The lowest BCUT2D eigenvalue weighted by atomic mass is 10.0. The number of pyridine rings is 1. The van der Waals surface area contributed by atoms with Crippen molar-refractivity contribution >= 4 is 5.91 Å². The number of carbonyl (C=O) groups excluding carboxylic acids is 1. The summed E-state index contributed by atoms with van der Waals surface area (Å²) in [7, 11) is 1.87. The Labute approximate surface area is 175 Å². The number of amides is 1. The van der Waals surface area contributed by atoms with Gasteiger partial charge in [-0.1, -0.05) is 30.3 Å². The Balaban J connectivity index is 2.15. The minimum absolute atomic E-state index is 0.0332. The Bertz CT molecular complexity index is 811. The molecule has 5 nitrogen and oxygen atoms in total. The predicted molar refractivity (Wildman–Crippen MR) is 110 cm³/mol. The van der Waals surface area contributed by atoms with Gasteiger partial charge in [0.2, 0.25) is 0 Å². The Morgan fingerprint density at radius 3 is 2.27 bits per heavy atom. The molecule has 1 aromatic heterocycles. The average molecular weight is 423 g/mol. The number of rotatable bonds is 10. The first-order chi connectivity index (χ1) is 14.2. The van der Waals surface area contributed by atoms with Gasteiger partial charge in [0.15, 0.2) is 0 Å². The topological polar surface area (TPSA) is 63.2 Å². The van der Waals surface area contributed by atoms with Crippen LogP contribution < -0.4 is 10.6 Å². The fourth-order valence-electron chi connectivity index (χ4n) is 3.00. The summed E-state index contributed by atoms with van der Waals surface area (Å²) in [4.78, 5) is 15.8. The van der Waals surface area contributed by atoms with Crippen molar-refractivity contribution in [2.24, 2.45) is 0 Å². The van der Waals surface area contributed by atoms with Crippen LogP contribution in [-0.4, -0.2) is 36.8 Å². The Morgan fingerprint density at radius 1 is 1.13 bits per heavy atom. The van der Waals surface area contributed by atoms with E-state index in [0.29, 0.717) is 5.56 Å². The number of benzene rings is 1. The van der Waals surface area contributed by atoms with Crippen molar-refractivity contribution in [2.45, 2.75) is 51.5 Å². The van der Waals surface area contributed by atoms with Crippen molar-refractivity contribution < 1.29 is 22.7 Å². The van der Waals surface area contributed by atoms with E-state index in [1.807, 2.05) is 38.2 Å². The van der Waals surface area contributed by atoms with Gasteiger partial charge in [0.1, 0.15) is 5.72 Å². The molecule has 1 amide bonds. The SMILES string of the molecule is CNC(C)c1ccc(-c2ccc([C@H](CCF)OC(C)(C)NC(=O)C(F)F)cc2)cn1. The first kappa shape index (κ1) is 23.8. The van der Waals surface area contributed by atoms with Crippen LogP contribution >= 0.6 is 0 Å². The number of aromatic nitrogens is 1. The summed E-state index contributed by atoms with van der Waals surface area (Å²) in [5.74, 6) is -1.43. The smallest absolute Gasteiger partial charge is 0.315 e. The average Bonchev–Trinajstić information content (AvgIpc) is 2.72. The molecule has 0 bridgehead atoms. The van der Waals surface area contributed by atoms with Crippen molar-refractivity contribution in [1.29, 1.82) is 0 Å². The Morgan fingerprint density at radius 2 is 1.77 bits per heavy atom. The van der Waals surface area contributed by atoms with Crippen LogP contribution in [0.3, 0.4) is 0 Å². The zero-order valence-corrected chi connectivity index (χ0v) is 17.6. The zero-order valence-electron chi connectivity index (χ0n) is 17.6. The van der Waals surface area contributed by atoms with Gasteiger partial charge >= 0.3 is 6.43 Å². The van der Waals surface area contributed by atoms with E-state index < -0.39 is 30.8 Å². The molecule has 0 saturated carbocycles. The molecule has 1 heterocycles. The second-order valence-electron chi connectivity index (χ2n) is 7.49. The van der Waals surface area contributed by atoms with Gasteiger partial charge < -0.3 is 15.4 Å². The summed E-state index contributed by atoms with van der Waals surface area (Å²) in [5, 5.41) is 5.26. The number of halogens is 3. The first-order valence-electron chi connectivity index (χ1n) is 9.74. The molecule has 0 saturated heterocycles. The van der Waals surface area contributed by atoms with E-state index in [0.717, 1.165) is 16.8 Å². The summed E-state index contributed by atoms with van der Waals surface area (Å²) in [5.41, 5.74) is 2.10.